The minimum absolute atomic E-state index is 0.259. The van der Waals surface area contributed by atoms with E-state index < -0.39 is 0 Å². The smallest absolute Gasteiger partial charge is 0.224 e. The fraction of sp³-hybridized carbons (Fsp3) is 0.667. The number of imidazole rings is 1. The first-order valence-electron chi connectivity index (χ1n) is 6.28. The predicted molar refractivity (Wildman–Crippen MR) is 65.4 cm³/mol. The van der Waals surface area contributed by atoms with Crippen LogP contribution in [0.1, 0.15) is 25.0 Å². The van der Waals surface area contributed by atoms with Crippen molar-refractivity contribution >= 4 is 5.91 Å². The third-order valence-corrected chi connectivity index (χ3v) is 3.22. The zero-order chi connectivity index (χ0) is 12.1. The van der Waals surface area contributed by atoms with Gasteiger partial charge in [-0.05, 0) is 19.4 Å². The van der Waals surface area contributed by atoms with Gasteiger partial charge in [0.15, 0.2) is 0 Å². The van der Waals surface area contributed by atoms with Crippen molar-refractivity contribution in [2.45, 2.75) is 32.2 Å². The Bertz CT molecular complexity index is 368. The Labute approximate surface area is 102 Å². The average molecular weight is 236 g/mol. The molecule has 1 aliphatic heterocycles. The maximum absolute atomic E-state index is 11.9. The summed E-state index contributed by atoms with van der Waals surface area (Å²) in [5.41, 5.74) is 6.64. The summed E-state index contributed by atoms with van der Waals surface area (Å²) in [6.07, 6.45) is 7.28. The van der Waals surface area contributed by atoms with Gasteiger partial charge in [0.1, 0.15) is 0 Å². The van der Waals surface area contributed by atoms with E-state index >= 15 is 0 Å². The topological polar surface area (TPSA) is 64.1 Å². The lowest BCUT2D eigenvalue weighted by Gasteiger charge is -2.15. The first-order valence-corrected chi connectivity index (χ1v) is 6.28. The zero-order valence-corrected chi connectivity index (χ0v) is 10.1. The molecule has 1 aromatic heterocycles. The molecule has 0 atom stereocenters. The van der Waals surface area contributed by atoms with Gasteiger partial charge in [-0.1, -0.05) is 0 Å². The highest BCUT2D eigenvalue weighted by Gasteiger charge is 2.17. The fourth-order valence-corrected chi connectivity index (χ4v) is 2.25. The van der Waals surface area contributed by atoms with Gasteiger partial charge in [0.05, 0.1) is 6.33 Å². The molecule has 0 aromatic carbocycles. The Hall–Kier alpha value is -1.36. The summed E-state index contributed by atoms with van der Waals surface area (Å²) in [6.45, 7) is 3.19. The molecule has 5 nitrogen and oxygen atoms in total. The number of hydrogen-bond acceptors (Lipinski definition) is 3. The van der Waals surface area contributed by atoms with Gasteiger partial charge < -0.3 is 15.2 Å². The summed E-state index contributed by atoms with van der Waals surface area (Å²) in [4.78, 5) is 17.9. The van der Waals surface area contributed by atoms with Crippen LogP contribution in [-0.2, 0) is 17.8 Å². The molecule has 1 amide bonds. The lowest BCUT2D eigenvalue weighted by molar-refractivity contribution is -0.130. The highest BCUT2D eigenvalue weighted by molar-refractivity contribution is 5.76. The monoisotopic (exact) mass is 236 g/mol. The van der Waals surface area contributed by atoms with Crippen molar-refractivity contribution in [3.8, 4) is 0 Å². The first-order chi connectivity index (χ1) is 8.31. The second-order valence-electron chi connectivity index (χ2n) is 4.45. The fourth-order valence-electron chi connectivity index (χ4n) is 2.25. The number of hydrogen-bond donors (Lipinski definition) is 1. The average Bonchev–Trinajstić information content (AvgIpc) is 2.97. The second kappa shape index (κ2) is 5.82. The molecule has 1 saturated heterocycles. The maximum Gasteiger partial charge on any atom is 0.224 e. The minimum Gasteiger partial charge on any atom is -0.343 e. The van der Waals surface area contributed by atoms with Crippen molar-refractivity contribution in [1.29, 1.82) is 0 Å². The molecule has 2 rings (SSSR count). The van der Waals surface area contributed by atoms with Gasteiger partial charge in [-0.3, -0.25) is 4.79 Å². The zero-order valence-electron chi connectivity index (χ0n) is 10.1. The van der Waals surface area contributed by atoms with Crippen molar-refractivity contribution in [3.63, 3.8) is 0 Å². The molecule has 1 fully saturated rings. The van der Waals surface area contributed by atoms with Crippen LogP contribution in [0.4, 0.5) is 0 Å². The quantitative estimate of drug-likeness (QED) is 0.804. The van der Waals surface area contributed by atoms with Gasteiger partial charge in [-0.25, -0.2) is 4.98 Å². The van der Waals surface area contributed by atoms with Crippen molar-refractivity contribution in [2.24, 2.45) is 5.73 Å². The lowest BCUT2D eigenvalue weighted by Crippen LogP contribution is -2.28. The van der Waals surface area contributed by atoms with Crippen molar-refractivity contribution in [3.05, 3.63) is 18.2 Å². The van der Waals surface area contributed by atoms with Gasteiger partial charge in [0.25, 0.3) is 0 Å². The number of nitrogens with two attached hydrogens (primary N) is 1. The number of amides is 1. The molecule has 17 heavy (non-hydrogen) atoms. The molecule has 1 aliphatic rings. The second-order valence-corrected chi connectivity index (χ2v) is 4.45. The Morgan fingerprint density at radius 2 is 2.18 bits per heavy atom. The van der Waals surface area contributed by atoms with Crippen molar-refractivity contribution in [2.75, 3.05) is 19.6 Å². The molecule has 94 valence electrons. The third-order valence-electron chi connectivity index (χ3n) is 3.22. The van der Waals surface area contributed by atoms with Crippen LogP contribution in [0.5, 0.6) is 0 Å². The molecule has 0 bridgehead atoms. The van der Waals surface area contributed by atoms with E-state index in [1.165, 1.54) is 0 Å². The van der Waals surface area contributed by atoms with E-state index in [1.54, 1.807) is 6.33 Å². The Morgan fingerprint density at radius 3 is 2.88 bits per heavy atom. The number of aromatic nitrogens is 2. The van der Waals surface area contributed by atoms with Gasteiger partial charge in [-0.2, -0.15) is 0 Å². The summed E-state index contributed by atoms with van der Waals surface area (Å²) in [5, 5.41) is 0. The van der Waals surface area contributed by atoms with Crippen molar-refractivity contribution < 1.29 is 4.79 Å². The van der Waals surface area contributed by atoms with Crippen LogP contribution in [0, 0.1) is 0 Å². The van der Waals surface area contributed by atoms with Crippen molar-refractivity contribution in [1.82, 2.24) is 14.5 Å². The SMILES string of the molecule is NCCc1cncn1CCC(=O)N1CCCC1. The molecule has 0 saturated carbocycles. The Balaban J connectivity index is 1.84. The summed E-state index contributed by atoms with van der Waals surface area (Å²) in [6, 6.07) is 0. The minimum atomic E-state index is 0.259. The lowest BCUT2D eigenvalue weighted by atomic mass is 10.3. The molecular formula is C12H20N4O. The van der Waals surface area contributed by atoms with E-state index in [2.05, 4.69) is 4.98 Å². The van der Waals surface area contributed by atoms with E-state index in [0.29, 0.717) is 19.5 Å². The molecule has 2 heterocycles. The summed E-state index contributed by atoms with van der Waals surface area (Å²) in [7, 11) is 0. The number of aryl methyl sites for hydroxylation is 1. The highest BCUT2D eigenvalue weighted by Crippen LogP contribution is 2.10. The standard InChI is InChI=1S/C12H20N4O/c13-5-3-11-9-14-10-16(11)8-4-12(17)15-6-1-2-7-15/h9-10H,1-8,13H2. The number of rotatable bonds is 5. The summed E-state index contributed by atoms with van der Waals surface area (Å²) >= 11 is 0. The third kappa shape index (κ3) is 3.06. The molecule has 0 spiro atoms. The predicted octanol–water partition coefficient (Wildman–Crippen LogP) is 0.397. The largest absolute Gasteiger partial charge is 0.343 e. The summed E-state index contributed by atoms with van der Waals surface area (Å²) < 4.78 is 2.03. The van der Waals surface area contributed by atoms with Gasteiger partial charge in [-0.15, -0.1) is 0 Å². The van der Waals surface area contributed by atoms with Gasteiger partial charge >= 0.3 is 0 Å². The molecule has 0 radical (unpaired) electrons. The van der Waals surface area contributed by atoms with E-state index in [-0.39, 0.29) is 5.91 Å². The van der Waals surface area contributed by atoms with Gasteiger partial charge in [0.2, 0.25) is 5.91 Å². The molecular weight excluding hydrogens is 216 g/mol. The highest BCUT2D eigenvalue weighted by atomic mass is 16.2. The molecule has 0 unspecified atom stereocenters. The normalized spacial score (nSPS) is 15.5. The van der Waals surface area contributed by atoms with E-state index in [4.69, 9.17) is 5.73 Å². The Morgan fingerprint density at radius 1 is 1.41 bits per heavy atom. The van der Waals surface area contributed by atoms with E-state index in [0.717, 1.165) is 38.0 Å². The number of carbonyl (C=O) groups is 1. The number of likely N-dealkylation sites (tertiary alicyclic amines) is 1. The summed E-state index contributed by atoms with van der Waals surface area (Å²) in [5.74, 6) is 0.259. The molecule has 1 aromatic rings. The molecule has 5 heteroatoms. The first kappa shape index (κ1) is 12.1. The van der Waals surface area contributed by atoms with E-state index in [1.807, 2.05) is 15.7 Å². The number of carbonyl (C=O) groups excluding carboxylic acids is 1. The molecule has 0 aliphatic carbocycles. The van der Waals surface area contributed by atoms with Crippen LogP contribution in [0.15, 0.2) is 12.5 Å². The maximum atomic E-state index is 11.9. The van der Waals surface area contributed by atoms with Crippen LogP contribution in [0.25, 0.3) is 0 Å². The van der Waals surface area contributed by atoms with Crippen LogP contribution < -0.4 is 5.73 Å². The van der Waals surface area contributed by atoms with Crippen LogP contribution in [0.3, 0.4) is 0 Å². The van der Waals surface area contributed by atoms with Crippen LogP contribution in [0.2, 0.25) is 0 Å². The van der Waals surface area contributed by atoms with Gasteiger partial charge in [0, 0.05) is 44.4 Å². The Kier molecular flexibility index (Phi) is 4.14. The van der Waals surface area contributed by atoms with Crippen LogP contribution >= 0.6 is 0 Å². The molecule has 2 N–H and O–H groups in total. The van der Waals surface area contributed by atoms with Crippen LogP contribution in [-0.4, -0.2) is 40.0 Å². The van der Waals surface area contributed by atoms with E-state index in [9.17, 15) is 4.79 Å². The number of nitrogens with zero attached hydrogens (tertiary/aromatic N) is 3.